The zero-order valence-electron chi connectivity index (χ0n) is 10.4. The highest BCUT2D eigenvalue weighted by Gasteiger charge is 2.32. The summed E-state index contributed by atoms with van der Waals surface area (Å²) in [6.07, 6.45) is -0.498. The van der Waals surface area contributed by atoms with Crippen molar-refractivity contribution in [2.45, 2.75) is 13.0 Å². The maximum Gasteiger partial charge on any atom is 0.303 e. The summed E-state index contributed by atoms with van der Waals surface area (Å²) < 4.78 is 5.40. The van der Waals surface area contributed by atoms with Gasteiger partial charge >= 0.3 is 5.97 Å². The monoisotopic (exact) mass is 252 g/mol. The van der Waals surface area contributed by atoms with Gasteiger partial charge < -0.3 is 4.74 Å². The van der Waals surface area contributed by atoms with Crippen LogP contribution < -0.4 is 0 Å². The number of hydrogen-bond acceptors (Lipinski definition) is 3. The average Bonchev–Trinajstić information content (AvgIpc) is 2.43. The van der Waals surface area contributed by atoms with Gasteiger partial charge in [0.1, 0.15) is 0 Å². The summed E-state index contributed by atoms with van der Waals surface area (Å²) in [5.41, 5.74) is 2.71. The topological polar surface area (TPSA) is 43.4 Å². The van der Waals surface area contributed by atoms with Crippen LogP contribution in [0.25, 0.3) is 0 Å². The zero-order valence-corrected chi connectivity index (χ0v) is 10.4. The summed E-state index contributed by atoms with van der Waals surface area (Å²) in [4.78, 5) is 23.7. The summed E-state index contributed by atoms with van der Waals surface area (Å²) in [6.45, 7) is 1.38. The van der Waals surface area contributed by atoms with Crippen molar-refractivity contribution in [1.82, 2.24) is 0 Å². The molecule has 0 radical (unpaired) electrons. The van der Waals surface area contributed by atoms with E-state index in [0.29, 0.717) is 11.1 Å². The van der Waals surface area contributed by atoms with Gasteiger partial charge in [-0.15, -0.1) is 0 Å². The first-order valence-electron chi connectivity index (χ1n) is 6.08. The van der Waals surface area contributed by atoms with Gasteiger partial charge in [0.15, 0.2) is 11.9 Å². The number of hydrogen-bond donors (Lipinski definition) is 0. The molecular weight excluding hydrogens is 240 g/mol. The predicted molar refractivity (Wildman–Crippen MR) is 69.9 cm³/mol. The van der Waals surface area contributed by atoms with E-state index < -0.39 is 6.10 Å². The molecule has 2 aromatic rings. The van der Waals surface area contributed by atoms with Crippen molar-refractivity contribution in [2.24, 2.45) is 0 Å². The molecule has 3 nitrogen and oxygen atoms in total. The van der Waals surface area contributed by atoms with E-state index in [9.17, 15) is 9.59 Å². The second kappa shape index (κ2) is 4.35. The van der Waals surface area contributed by atoms with Gasteiger partial charge in [-0.3, -0.25) is 9.59 Å². The van der Waals surface area contributed by atoms with Crippen molar-refractivity contribution in [1.29, 1.82) is 0 Å². The molecule has 0 N–H and O–H groups in total. The number of carbonyl (C=O) groups excluding carboxylic acids is 2. The Morgan fingerprint density at radius 3 is 1.89 bits per heavy atom. The normalized spacial score (nSPS) is 13.6. The fourth-order valence-electron chi connectivity index (χ4n) is 2.47. The second-order valence-corrected chi connectivity index (χ2v) is 4.49. The van der Waals surface area contributed by atoms with Gasteiger partial charge in [0.25, 0.3) is 0 Å². The maximum absolute atomic E-state index is 12.4. The molecule has 2 aromatic carbocycles. The van der Waals surface area contributed by atoms with Gasteiger partial charge in [0.05, 0.1) is 0 Å². The third kappa shape index (κ3) is 1.83. The molecule has 0 spiro atoms. The number of benzene rings is 2. The molecule has 0 fully saturated rings. The Morgan fingerprint density at radius 2 is 1.42 bits per heavy atom. The Bertz CT molecular complexity index is 624. The number of fused-ring (bicyclic) bond motifs is 2. The standard InChI is InChI=1S/C16H12O3/c1-10(17)19-16-13-8-4-2-6-11(13)15(18)12-7-3-5-9-14(12)16/h2-9,16H,1H3. The van der Waals surface area contributed by atoms with Crippen molar-refractivity contribution < 1.29 is 14.3 Å². The molecule has 94 valence electrons. The second-order valence-electron chi connectivity index (χ2n) is 4.49. The minimum atomic E-state index is -0.498. The van der Waals surface area contributed by atoms with Crippen LogP contribution in [0, 0.1) is 0 Å². The minimum Gasteiger partial charge on any atom is -0.453 e. The van der Waals surface area contributed by atoms with Crippen LogP contribution in [-0.2, 0) is 9.53 Å². The van der Waals surface area contributed by atoms with Crippen molar-refractivity contribution in [2.75, 3.05) is 0 Å². The summed E-state index contributed by atoms with van der Waals surface area (Å²) in [5.74, 6) is -0.376. The first-order valence-corrected chi connectivity index (χ1v) is 6.08. The molecule has 0 atom stereocenters. The van der Waals surface area contributed by atoms with Crippen LogP contribution in [0.5, 0.6) is 0 Å². The van der Waals surface area contributed by atoms with Crippen LogP contribution in [0.4, 0.5) is 0 Å². The van der Waals surface area contributed by atoms with E-state index in [1.807, 2.05) is 36.4 Å². The van der Waals surface area contributed by atoms with E-state index in [2.05, 4.69) is 0 Å². The summed E-state index contributed by atoms with van der Waals surface area (Å²) in [6, 6.07) is 14.5. The van der Waals surface area contributed by atoms with E-state index in [-0.39, 0.29) is 11.8 Å². The smallest absolute Gasteiger partial charge is 0.303 e. The molecule has 0 heterocycles. The lowest BCUT2D eigenvalue weighted by Gasteiger charge is -2.26. The van der Waals surface area contributed by atoms with Gasteiger partial charge in [0.2, 0.25) is 0 Å². The quantitative estimate of drug-likeness (QED) is 0.733. The Labute approximate surface area is 110 Å². The van der Waals surface area contributed by atoms with Crippen LogP contribution in [0.15, 0.2) is 48.5 Å². The van der Waals surface area contributed by atoms with Gasteiger partial charge in [-0.2, -0.15) is 0 Å². The Kier molecular flexibility index (Phi) is 2.67. The van der Waals surface area contributed by atoms with E-state index >= 15 is 0 Å². The summed E-state index contributed by atoms with van der Waals surface area (Å²) in [5, 5.41) is 0. The number of carbonyl (C=O) groups is 2. The van der Waals surface area contributed by atoms with E-state index in [1.54, 1.807) is 12.1 Å². The molecule has 0 amide bonds. The van der Waals surface area contributed by atoms with Crippen LogP contribution in [0.2, 0.25) is 0 Å². The molecular formula is C16H12O3. The van der Waals surface area contributed by atoms with Crippen molar-refractivity contribution in [3.05, 3.63) is 70.8 Å². The van der Waals surface area contributed by atoms with E-state index in [0.717, 1.165) is 11.1 Å². The minimum absolute atomic E-state index is 0.0189. The fraction of sp³-hybridized carbons (Fsp3) is 0.125. The molecule has 3 rings (SSSR count). The van der Waals surface area contributed by atoms with E-state index in [4.69, 9.17) is 4.74 Å². The Balaban J connectivity index is 2.23. The number of esters is 1. The van der Waals surface area contributed by atoms with E-state index in [1.165, 1.54) is 6.92 Å². The van der Waals surface area contributed by atoms with Gasteiger partial charge in [0, 0.05) is 29.2 Å². The first-order chi connectivity index (χ1) is 9.18. The van der Waals surface area contributed by atoms with Crippen molar-refractivity contribution in [3.63, 3.8) is 0 Å². The highest BCUT2D eigenvalue weighted by molar-refractivity contribution is 6.12. The molecule has 0 saturated heterocycles. The zero-order chi connectivity index (χ0) is 13.4. The molecule has 19 heavy (non-hydrogen) atoms. The number of ketones is 1. The van der Waals surface area contributed by atoms with Gasteiger partial charge in [-0.05, 0) is 0 Å². The summed E-state index contributed by atoms with van der Waals surface area (Å²) in [7, 11) is 0. The third-order valence-corrected chi connectivity index (χ3v) is 3.26. The molecule has 1 aliphatic rings. The largest absolute Gasteiger partial charge is 0.453 e. The molecule has 0 aromatic heterocycles. The number of ether oxygens (including phenoxy) is 1. The lowest BCUT2D eigenvalue weighted by molar-refractivity contribution is -0.144. The highest BCUT2D eigenvalue weighted by atomic mass is 16.5. The highest BCUT2D eigenvalue weighted by Crippen LogP contribution is 2.37. The van der Waals surface area contributed by atoms with Crippen LogP contribution in [0.3, 0.4) is 0 Å². The first kappa shape index (κ1) is 11.7. The molecule has 0 saturated carbocycles. The molecule has 0 aliphatic heterocycles. The average molecular weight is 252 g/mol. The SMILES string of the molecule is CC(=O)OC1c2ccccc2C(=O)c2ccccc21. The molecule has 3 heteroatoms. The maximum atomic E-state index is 12.4. The van der Waals surface area contributed by atoms with Gasteiger partial charge in [-0.25, -0.2) is 0 Å². The lowest BCUT2D eigenvalue weighted by atomic mass is 9.83. The van der Waals surface area contributed by atoms with Crippen LogP contribution in [-0.4, -0.2) is 11.8 Å². The third-order valence-electron chi connectivity index (χ3n) is 3.26. The molecule has 0 unspecified atom stereocenters. The molecule has 0 bridgehead atoms. The Morgan fingerprint density at radius 1 is 0.947 bits per heavy atom. The summed E-state index contributed by atoms with van der Waals surface area (Å²) >= 11 is 0. The van der Waals surface area contributed by atoms with Crippen LogP contribution >= 0.6 is 0 Å². The van der Waals surface area contributed by atoms with Crippen molar-refractivity contribution in [3.8, 4) is 0 Å². The predicted octanol–water partition coefficient (Wildman–Crippen LogP) is 2.88. The fourth-order valence-corrected chi connectivity index (χ4v) is 2.47. The number of rotatable bonds is 1. The van der Waals surface area contributed by atoms with Crippen molar-refractivity contribution >= 4 is 11.8 Å². The Hall–Kier alpha value is -2.42. The van der Waals surface area contributed by atoms with Crippen LogP contribution in [0.1, 0.15) is 40.1 Å². The molecule has 1 aliphatic carbocycles. The lowest BCUT2D eigenvalue weighted by Crippen LogP contribution is -2.22. The van der Waals surface area contributed by atoms with Gasteiger partial charge in [-0.1, -0.05) is 48.5 Å².